The summed E-state index contributed by atoms with van der Waals surface area (Å²) in [5.41, 5.74) is 3.72. The third-order valence-electron chi connectivity index (χ3n) is 7.50. The SMILES string of the molecule is Cc1c([C@@H](O)CN2CCC3CN(C(=O)c4ccc(-n5cnnn5)nc4)CC32)ccc2c1COC2=O. The molecule has 2 aromatic heterocycles. The number of ether oxygens (including phenoxy) is 1. The maximum absolute atomic E-state index is 13.1. The minimum Gasteiger partial charge on any atom is -0.457 e. The van der Waals surface area contributed by atoms with Crippen LogP contribution in [0.1, 0.15) is 49.9 Å². The average molecular weight is 476 g/mol. The van der Waals surface area contributed by atoms with Gasteiger partial charge in [0.15, 0.2) is 5.82 Å². The number of carbonyl (C=O) groups excluding carboxylic acids is 2. The van der Waals surface area contributed by atoms with Gasteiger partial charge in [0.1, 0.15) is 12.9 Å². The molecule has 0 saturated carbocycles. The van der Waals surface area contributed by atoms with Gasteiger partial charge in [0.2, 0.25) is 0 Å². The number of aliphatic hydroxyl groups excluding tert-OH is 1. The molecule has 6 rings (SSSR count). The average Bonchev–Trinajstić information content (AvgIpc) is 3.66. The molecule has 11 heteroatoms. The molecule has 3 aromatic rings. The molecule has 3 aliphatic rings. The van der Waals surface area contributed by atoms with Crippen LogP contribution in [0.25, 0.3) is 5.82 Å². The molecule has 11 nitrogen and oxygen atoms in total. The van der Waals surface area contributed by atoms with E-state index in [1.807, 2.05) is 17.9 Å². The Morgan fingerprint density at radius 3 is 2.91 bits per heavy atom. The molecule has 3 atom stereocenters. The first-order valence-corrected chi connectivity index (χ1v) is 11.7. The van der Waals surface area contributed by atoms with Crippen LogP contribution in [0, 0.1) is 12.8 Å². The van der Waals surface area contributed by atoms with Crippen LogP contribution < -0.4 is 0 Å². The summed E-state index contributed by atoms with van der Waals surface area (Å²) in [5.74, 6) is 0.576. The standard InChI is InChI=1S/C24H25N7O4/c1-14-17(3-4-18-19(14)12-35-24(18)34)21(32)11-29-7-6-16-9-30(10-20(16)29)23(33)15-2-5-22(25-8-15)31-13-26-27-28-31/h2-5,8,13,16,20-21,32H,6-7,9-12H2,1H3/t16?,20?,21-/m0/s1. The lowest BCUT2D eigenvalue weighted by Gasteiger charge is -2.28. The van der Waals surface area contributed by atoms with Crippen molar-refractivity contribution in [2.45, 2.75) is 32.1 Å². The quantitative estimate of drug-likeness (QED) is 0.536. The first-order chi connectivity index (χ1) is 17.0. The fourth-order valence-electron chi connectivity index (χ4n) is 5.59. The topological polar surface area (TPSA) is 127 Å². The van der Waals surface area contributed by atoms with Crippen LogP contribution in [0.5, 0.6) is 0 Å². The van der Waals surface area contributed by atoms with Crippen LogP contribution in [-0.2, 0) is 11.3 Å². The number of aromatic nitrogens is 5. The zero-order chi connectivity index (χ0) is 24.1. The van der Waals surface area contributed by atoms with E-state index >= 15 is 0 Å². The van der Waals surface area contributed by atoms with Crippen LogP contribution in [0.3, 0.4) is 0 Å². The highest BCUT2D eigenvalue weighted by atomic mass is 16.5. The van der Waals surface area contributed by atoms with Crippen LogP contribution >= 0.6 is 0 Å². The highest BCUT2D eigenvalue weighted by Crippen LogP contribution is 2.35. The summed E-state index contributed by atoms with van der Waals surface area (Å²) in [5, 5.41) is 22.1. The zero-order valence-electron chi connectivity index (χ0n) is 19.2. The molecule has 1 aromatic carbocycles. The van der Waals surface area contributed by atoms with E-state index in [9.17, 15) is 14.7 Å². The van der Waals surface area contributed by atoms with Gasteiger partial charge in [-0.05, 0) is 65.6 Å². The molecule has 5 heterocycles. The summed E-state index contributed by atoms with van der Waals surface area (Å²) in [4.78, 5) is 33.4. The van der Waals surface area contributed by atoms with E-state index in [2.05, 4.69) is 25.4 Å². The largest absolute Gasteiger partial charge is 0.457 e. The highest BCUT2D eigenvalue weighted by Gasteiger charge is 2.43. The molecule has 180 valence electrons. The van der Waals surface area contributed by atoms with Gasteiger partial charge >= 0.3 is 5.97 Å². The van der Waals surface area contributed by atoms with E-state index in [1.165, 1.54) is 11.0 Å². The Hall–Kier alpha value is -3.70. The zero-order valence-corrected chi connectivity index (χ0v) is 19.2. The van der Waals surface area contributed by atoms with Gasteiger partial charge in [-0.2, -0.15) is 4.68 Å². The number of nitrogens with zero attached hydrogens (tertiary/aromatic N) is 7. The highest BCUT2D eigenvalue weighted by molar-refractivity contribution is 5.94. The van der Waals surface area contributed by atoms with Gasteiger partial charge in [0.05, 0.1) is 17.2 Å². The Morgan fingerprint density at radius 2 is 2.14 bits per heavy atom. The van der Waals surface area contributed by atoms with Crippen molar-refractivity contribution >= 4 is 11.9 Å². The van der Waals surface area contributed by atoms with Crippen LogP contribution in [0.4, 0.5) is 0 Å². The second kappa shape index (κ2) is 8.51. The molecule has 0 spiro atoms. The Balaban J connectivity index is 1.12. The van der Waals surface area contributed by atoms with Crippen molar-refractivity contribution < 1.29 is 19.4 Å². The van der Waals surface area contributed by atoms with Gasteiger partial charge < -0.3 is 14.7 Å². The number of pyridine rings is 1. The molecule has 1 N–H and O–H groups in total. The smallest absolute Gasteiger partial charge is 0.338 e. The fraction of sp³-hybridized carbons (Fsp3) is 0.417. The van der Waals surface area contributed by atoms with Gasteiger partial charge in [0.25, 0.3) is 5.91 Å². The second-order valence-corrected chi connectivity index (χ2v) is 9.38. The number of benzene rings is 1. The Bertz CT molecular complexity index is 1280. The maximum Gasteiger partial charge on any atom is 0.338 e. The lowest BCUT2D eigenvalue weighted by atomic mass is 9.95. The van der Waals surface area contributed by atoms with Gasteiger partial charge in [-0.25, -0.2) is 9.78 Å². The molecule has 2 fully saturated rings. The van der Waals surface area contributed by atoms with Gasteiger partial charge in [-0.1, -0.05) is 6.07 Å². The Morgan fingerprint density at radius 1 is 1.26 bits per heavy atom. The molecule has 2 saturated heterocycles. The number of β-amino-alcohol motifs (C(OH)–C–C–N with tert-alkyl or cyclic N) is 1. The van der Waals surface area contributed by atoms with E-state index in [1.54, 1.807) is 24.4 Å². The minimum absolute atomic E-state index is 0.0465. The monoisotopic (exact) mass is 475 g/mol. The Labute approximate surface area is 201 Å². The number of rotatable bonds is 5. The van der Waals surface area contributed by atoms with Crippen molar-refractivity contribution in [1.82, 2.24) is 35.0 Å². The summed E-state index contributed by atoms with van der Waals surface area (Å²) in [6, 6.07) is 7.25. The summed E-state index contributed by atoms with van der Waals surface area (Å²) < 4.78 is 6.58. The van der Waals surface area contributed by atoms with Crippen molar-refractivity contribution in [2.24, 2.45) is 5.92 Å². The maximum atomic E-state index is 13.1. The number of likely N-dealkylation sites (tertiary alicyclic amines) is 2. The van der Waals surface area contributed by atoms with E-state index in [0.717, 1.165) is 29.7 Å². The third-order valence-corrected chi connectivity index (χ3v) is 7.50. The molecule has 1 amide bonds. The normalized spacial score (nSPS) is 22.2. The minimum atomic E-state index is -0.678. The van der Waals surface area contributed by atoms with Crippen molar-refractivity contribution in [2.75, 3.05) is 26.2 Å². The van der Waals surface area contributed by atoms with Crippen LogP contribution in [0.2, 0.25) is 0 Å². The number of esters is 1. The number of carbonyl (C=O) groups is 2. The number of tetrazole rings is 1. The van der Waals surface area contributed by atoms with Gasteiger partial charge in [0, 0.05) is 37.4 Å². The van der Waals surface area contributed by atoms with Gasteiger partial charge in [-0.15, -0.1) is 5.10 Å². The lowest BCUT2D eigenvalue weighted by Crippen LogP contribution is -2.39. The summed E-state index contributed by atoms with van der Waals surface area (Å²) in [6.45, 7) is 4.89. The molecule has 3 aliphatic heterocycles. The third kappa shape index (κ3) is 3.76. The number of hydrogen-bond donors (Lipinski definition) is 1. The van der Waals surface area contributed by atoms with E-state index < -0.39 is 6.10 Å². The number of aliphatic hydroxyl groups is 1. The number of amides is 1. The van der Waals surface area contributed by atoms with Crippen molar-refractivity contribution in [1.29, 1.82) is 0 Å². The first-order valence-electron chi connectivity index (χ1n) is 11.7. The van der Waals surface area contributed by atoms with Crippen LogP contribution in [0.15, 0.2) is 36.8 Å². The first kappa shape index (κ1) is 21.8. The Kier molecular flexibility index (Phi) is 5.30. The molecule has 0 aliphatic carbocycles. The molecule has 0 bridgehead atoms. The van der Waals surface area contributed by atoms with Crippen molar-refractivity contribution in [3.8, 4) is 5.82 Å². The van der Waals surface area contributed by atoms with Crippen molar-refractivity contribution in [3.63, 3.8) is 0 Å². The predicted octanol–water partition coefficient (Wildman–Crippen LogP) is 0.916. The van der Waals surface area contributed by atoms with Crippen molar-refractivity contribution in [3.05, 3.63) is 64.6 Å². The molecular formula is C24H25N7O4. The van der Waals surface area contributed by atoms with E-state index in [-0.39, 0.29) is 24.5 Å². The molecule has 2 unspecified atom stereocenters. The predicted molar refractivity (Wildman–Crippen MR) is 122 cm³/mol. The van der Waals surface area contributed by atoms with E-state index in [4.69, 9.17) is 4.74 Å². The lowest BCUT2D eigenvalue weighted by molar-refractivity contribution is 0.0534. The van der Waals surface area contributed by atoms with Crippen LogP contribution in [-0.4, -0.2) is 84.2 Å². The summed E-state index contributed by atoms with van der Waals surface area (Å²) in [7, 11) is 0. The molecule has 35 heavy (non-hydrogen) atoms. The molecular weight excluding hydrogens is 450 g/mol. The summed E-state index contributed by atoms with van der Waals surface area (Å²) >= 11 is 0. The second-order valence-electron chi connectivity index (χ2n) is 9.38. The fourth-order valence-corrected chi connectivity index (χ4v) is 5.59. The molecule has 0 radical (unpaired) electrons. The van der Waals surface area contributed by atoms with Gasteiger partial charge in [-0.3, -0.25) is 9.69 Å². The number of cyclic esters (lactones) is 1. The number of fused-ring (bicyclic) bond motifs is 2. The summed E-state index contributed by atoms with van der Waals surface area (Å²) in [6.07, 6.45) is 3.32. The van der Waals surface area contributed by atoms with E-state index in [0.29, 0.717) is 42.5 Å². The number of hydrogen-bond acceptors (Lipinski definition) is 9.